The second-order valence-electron chi connectivity index (χ2n) is 5.41. The quantitative estimate of drug-likeness (QED) is 0.638. The lowest BCUT2D eigenvalue weighted by molar-refractivity contribution is -0.385. The number of hydrogen-bond donors (Lipinski definition) is 1. The number of nitro groups is 1. The third-order valence-corrected chi connectivity index (χ3v) is 4.20. The summed E-state index contributed by atoms with van der Waals surface area (Å²) in [6.45, 7) is 0. The number of rotatable bonds is 6. The van der Waals surface area contributed by atoms with Crippen molar-refractivity contribution in [3.63, 3.8) is 0 Å². The second kappa shape index (κ2) is 6.50. The minimum Gasteiger partial charge on any atom is -0.481 e. The van der Waals surface area contributed by atoms with Gasteiger partial charge in [0, 0.05) is 11.6 Å². The van der Waals surface area contributed by atoms with Gasteiger partial charge in [-0.25, -0.2) is 0 Å². The molecule has 0 heterocycles. The SMILES string of the molecule is O=C(O)C(CCc1ccccc1[N+](=O)[O-])C1CCCC1. The van der Waals surface area contributed by atoms with Crippen LogP contribution in [0.5, 0.6) is 0 Å². The van der Waals surface area contributed by atoms with Crippen LogP contribution in [0.3, 0.4) is 0 Å². The van der Waals surface area contributed by atoms with Gasteiger partial charge in [0.1, 0.15) is 0 Å². The van der Waals surface area contributed by atoms with Crippen LogP contribution < -0.4 is 0 Å². The van der Waals surface area contributed by atoms with Crippen LogP contribution in [0.2, 0.25) is 0 Å². The van der Waals surface area contributed by atoms with Crippen molar-refractivity contribution in [1.29, 1.82) is 0 Å². The minimum atomic E-state index is -0.768. The van der Waals surface area contributed by atoms with Crippen LogP contribution in [-0.2, 0) is 11.2 Å². The molecule has 1 aliphatic carbocycles. The first-order valence-electron chi connectivity index (χ1n) is 7.04. The highest BCUT2D eigenvalue weighted by molar-refractivity contribution is 5.70. The van der Waals surface area contributed by atoms with Crippen LogP contribution in [0.15, 0.2) is 24.3 Å². The van der Waals surface area contributed by atoms with Gasteiger partial charge < -0.3 is 5.11 Å². The molecule has 0 bridgehead atoms. The average molecular weight is 277 g/mol. The molecule has 0 saturated heterocycles. The monoisotopic (exact) mass is 277 g/mol. The number of carbonyl (C=O) groups is 1. The topological polar surface area (TPSA) is 80.4 Å². The van der Waals surface area contributed by atoms with Gasteiger partial charge in [-0.3, -0.25) is 14.9 Å². The number of benzene rings is 1. The third-order valence-electron chi connectivity index (χ3n) is 4.20. The van der Waals surface area contributed by atoms with Crippen molar-refractivity contribution >= 4 is 11.7 Å². The molecule has 2 rings (SSSR count). The highest BCUT2D eigenvalue weighted by atomic mass is 16.6. The van der Waals surface area contributed by atoms with Crippen molar-refractivity contribution in [2.45, 2.75) is 38.5 Å². The fourth-order valence-electron chi connectivity index (χ4n) is 3.13. The first kappa shape index (κ1) is 14.5. The summed E-state index contributed by atoms with van der Waals surface area (Å²) in [6.07, 6.45) is 5.05. The summed E-state index contributed by atoms with van der Waals surface area (Å²) in [7, 11) is 0. The molecule has 1 saturated carbocycles. The molecule has 20 heavy (non-hydrogen) atoms. The number of carboxylic acid groups (broad SMARTS) is 1. The number of aryl methyl sites for hydroxylation is 1. The van der Waals surface area contributed by atoms with Gasteiger partial charge >= 0.3 is 5.97 Å². The van der Waals surface area contributed by atoms with E-state index in [9.17, 15) is 20.0 Å². The number of para-hydroxylation sites is 1. The Kier molecular flexibility index (Phi) is 4.71. The molecule has 108 valence electrons. The Labute approximate surface area is 117 Å². The number of nitro benzene ring substituents is 1. The first-order valence-corrected chi connectivity index (χ1v) is 7.04. The largest absolute Gasteiger partial charge is 0.481 e. The maximum Gasteiger partial charge on any atom is 0.306 e. The average Bonchev–Trinajstić information content (AvgIpc) is 2.92. The summed E-state index contributed by atoms with van der Waals surface area (Å²) < 4.78 is 0. The van der Waals surface area contributed by atoms with Gasteiger partial charge in [0.15, 0.2) is 0 Å². The fraction of sp³-hybridized carbons (Fsp3) is 0.533. The first-order chi connectivity index (χ1) is 9.59. The summed E-state index contributed by atoms with van der Waals surface area (Å²) in [5.41, 5.74) is 0.713. The number of nitrogens with zero attached hydrogens (tertiary/aromatic N) is 1. The minimum absolute atomic E-state index is 0.0862. The van der Waals surface area contributed by atoms with E-state index in [0.717, 1.165) is 25.7 Å². The Morgan fingerprint density at radius 2 is 2.00 bits per heavy atom. The van der Waals surface area contributed by atoms with E-state index in [1.54, 1.807) is 18.2 Å². The van der Waals surface area contributed by atoms with E-state index in [0.29, 0.717) is 18.4 Å². The van der Waals surface area contributed by atoms with Crippen LogP contribution in [0.4, 0.5) is 5.69 Å². The van der Waals surface area contributed by atoms with Crippen molar-refractivity contribution in [2.75, 3.05) is 0 Å². The fourth-order valence-corrected chi connectivity index (χ4v) is 3.13. The molecule has 1 N–H and O–H groups in total. The molecular formula is C15H19NO4. The smallest absolute Gasteiger partial charge is 0.306 e. The molecule has 1 aliphatic rings. The van der Waals surface area contributed by atoms with Crippen LogP contribution >= 0.6 is 0 Å². The predicted octanol–water partition coefficient (Wildman–Crippen LogP) is 3.42. The van der Waals surface area contributed by atoms with Gasteiger partial charge in [-0.15, -0.1) is 0 Å². The van der Waals surface area contributed by atoms with Crippen LogP contribution in [-0.4, -0.2) is 16.0 Å². The molecule has 0 amide bonds. The maximum absolute atomic E-state index is 11.4. The summed E-state index contributed by atoms with van der Waals surface area (Å²) in [6, 6.07) is 6.58. The summed E-state index contributed by atoms with van der Waals surface area (Å²) in [4.78, 5) is 21.9. The molecule has 5 nitrogen and oxygen atoms in total. The van der Waals surface area contributed by atoms with Crippen LogP contribution in [0, 0.1) is 22.0 Å². The van der Waals surface area contributed by atoms with Crippen molar-refractivity contribution in [2.24, 2.45) is 11.8 Å². The third kappa shape index (κ3) is 3.35. The molecule has 1 aromatic rings. The van der Waals surface area contributed by atoms with Crippen molar-refractivity contribution in [1.82, 2.24) is 0 Å². The summed E-state index contributed by atoms with van der Waals surface area (Å²) in [5, 5.41) is 20.3. The molecule has 1 fully saturated rings. The van der Waals surface area contributed by atoms with Crippen molar-refractivity contribution in [3.05, 3.63) is 39.9 Å². The lowest BCUT2D eigenvalue weighted by atomic mass is 9.86. The van der Waals surface area contributed by atoms with Gasteiger partial charge in [-0.2, -0.15) is 0 Å². The molecular weight excluding hydrogens is 258 g/mol. The standard InChI is InChI=1S/C15H19NO4/c17-15(18)13(11-5-1-2-6-11)10-9-12-7-3-4-8-14(12)16(19)20/h3-4,7-8,11,13H,1-2,5-6,9-10H2,(H,17,18). The van der Waals surface area contributed by atoms with Crippen LogP contribution in [0.25, 0.3) is 0 Å². The number of carboxylic acids is 1. The van der Waals surface area contributed by atoms with E-state index in [2.05, 4.69) is 0 Å². The van der Waals surface area contributed by atoms with Gasteiger partial charge in [-0.1, -0.05) is 31.0 Å². The Hall–Kier alpha value is -1.91. The Balaban J connectivity index is 2.06. The zero-order valence-corrected chi connectivity index (χ0v) is 11.3. The normalized spacial score (nSPS) is 17.0. The van der Waals surface area contributed by atoms with Gasteiger partial charge in [0.05, 0.1) is 10.8 Å². The molecule has 1 unspecified atom stereocenters. The molecule has 1 aromatic carbocycles. The Bertz CT molecular complexity index is 494. The number of hydrogen-bond acceptors (Lipinski definition) is 3. The highest BCUT2D eigenvalue weighted by Crippen LogP contribution is 2.34. The van der Waals surface area contributed by atoms with E-state index in [-0.39, 0.29) is 17.5 Å². The molecule has 0 aliphatic heterocycles. The van der Waals surface area contributed by atoms with Gasteiger partial charge in [0.2, 0.25) is 0 Å². The summed E-state index contributed by atoms with van der Waals surface area (Å²) >= 11 is 0. The lowest BCUT2D eigenvalue weighted by Crippen LogP contribution is -2.22. The zero-order valence-electron chi connectivity index (χ0n) is 11.3. The molecule has 0 aromatic heterocycles. The van der Waals surface area contributed by atoms with E-state index in [4.69, 9.17) is 0 Å². The van der Waals surface area contributed by atoms with E-state index in [1.165, 1.54) is 6.07 Å². The maximum atomic E-state index is 11.4. The van der Waals surface area contributed by atoms with Crippen molar-refractivity contribution in [3.8, 4) is 0 Å². The molecule has 1 atom stereocenters. The Morgan fingerprint density at radius 1 is 1.35 bits per heavy atom. The van der Waals surface area contributed by atoms with E-state index >= 15 is 0 Å². The van der Waals surface area contributed by atoms with E-state index in [1.807, 2.05) is 0 Å². The Morgan fingerprint density at radius 3 is 2.60 bits per heavy atom. The second-order valence-corrected chi connectivity index (χ2v) is 5.41. The predicted molar refractivity (Wildman–Crippen MR) is 74.5 cm³/mol. The number of aliphatic carboxylic acids is 1. The summed E-state index contributed by atoms with van der Waals surface area (Å²) in [5.74, 6) is -0.914. The lowest BCUT2D eigenvalue weighted by Gasteiger charge is -2.18. The molecule has 5 heteroatoms. The molecule has 0 spiro atoms. The van der Waals surface area contributed by atoms with E-state index < -0.39 is 10.9 Å². The van der Waals surface area contributed by atoms with Crippen LogP contribution in [0.1, 0.15) is 37.7 Å². The van der Waals surface area contributed by atoms with Crippen molar-refractivity contribution < 1.29 is 14.8 Å². The highest BCUT2D eigenvalue weighted by Gasteiger charge is 2.30. The van der Waals surface area contributed by atoms with Gasteiger partial charge in [0.25, 0.3) is 5.69 Å². The van der Waals surface area contributed by atoms with Gasteiger partial charge in [-0.05, 0) is 31.6 Å². The zero-order chi connectivity index (χ0) is 14.5. The molecule has 0 radical (unpaired) electrons.